The van der Waals surface area contributed by atoms with Crippen LogP contribution in [0.25, 0.3) is 0 Å². The van der Waals surface area contributed by atoms with Gasteiger partial charge in [0.25, 0.3) is 0 Å². The topological polar surface area (TPSA) is 39.1 Å². The number of nitrogens with one attached hydrogen (secondary N) is 1. The molecule has 0 saturated heterocycles. The Bertz CT molecular complexity index is 284. The minimum atomic E-state index is 0.0116. The predicted octanol–water partition coefficient (Wildman–Crippen LogP) is 1.86. The molecule has 2 fully saturated rings. The first-order valence-electron chi connectivity index (χ1n) is 6.98. The molecule has 0 radical (unpaired) electrons. The highest BCUT2D eigenvalue weighted by Crippen LogP contribution is 2.48. The van der Waals surface area contributed by atoms with Gasteiger partial charge in [0.1, 0.15) is 0 Å². The molecule has 0 aromatic rings. The molecular formula is C14H25N3. The molecule has 0 aromatic heterocycles. The highest BCUT2D eigenvalue weighted by molar-refractivity contribution is 4.92. The van der Waals surface area contributed by atoms with Crippen LogP contribution in [0.15, 0.2) is 0 Å². The Morgan fingerprint density at radius 3 is 2.76 bits per heavy atom. The summed E-state index contributed by atoms with van der Waals surface area (Å²) >= 11 is 0. The van der Waals surface area contributed by atoms with Gasteiger partial charge in [0.2, 0.25) is 0 Å². The smallest absolute Gasteiger partial charge is 0.0962 e. The molecule has 4 atom stereocenters. The zero-order valence-corrected chi connectivity index (χ0v) is 11.2. The molecule has 2 rings (SSSR count). The van der Waals surface area contributed by atoms with Crippen molar-refractivity contribution in [1.82, 2.24) is 10.2 Å². The molecule has 2 bridgehead atoms. The van der Waals surface area contributed by atoms with Crippen LogP contribution in [0.3, 0.4) is 0 Å². The first-order chi connectivity index (χ1) is 8.22. The number of hydrogen-bond donors (Lipinski definition) is 1. The van der Waals surface area contributed by atoms with Gasteiger partial charge in [-0.05, 0) is 57.5 Å². The largest absolute Gasteiger partial charge is 0.306 e. The summed E-state index contributed by atoms with van der Waals surface area (Å²) in [6, 6.07) is 2.30. The van der Waals surface area contributed by atoms with Crippen molar-refractivity contribution in [3.63, 3.8) is 0 Å². The molecule has 3 heteroatoms. The van der Waals surface area contributed by atoms with Crippen LogP contribution in [-0.4, -0.2) is 38.1 Å². The molecule has 96 valence electrons. The Kier molecular flexibility index (Phi) is 4.42. The SMILES string of the molecule is CNC(C#N)CCN(C)CC1CC2CCC1C2. The molecule has 17 heavy (non-hydrogen) atoms. The van der Waals surface area contributed by atoms with Crippen molar-refractivity contribution in [2.24, 2.45) is 17.8 Å². The highest BCUT2D eigenvalue weighted by Gasteiger charge is 2.39. The lowest BCUT2D eigenvalue weighted by atomic mass is 9.88. The molecule has 3 nitrogen and oxygen atoms in total. The van der Waals surface area contributed by atoms with Crippen molar-refractivity contribution < 1.29 is 0 Å². The maximum atomic E-state index is 8.88. The fourth-order valence-corrected chi connectivity index (χ4v) is 3.71. The van der Waals surface area contributed by atoms with Gasteiger partial charge < -0.3 is 10.2 Å². The van der Waals surface area contributed by atoms with E-state index in [1.165, 1.54) is 32.2 Å². The summed E-state index contributed by atoms with van der Waals surface area (Å²) in [6.45, 7) is 2.27. The number of nitriles is 1. The monoisotopic (exact) mass is 235 g/mol. The summed E-state index contributed by atoms with van der Waals surface area (Å²) in [5.74, 6) is 3.00. The number of fused-ring (bicyclic) bond motifs is 2. The third kappa shape index (κ3) is 3.20. The number of nitrogens with zero attached hydrogens (tertiary/aromatic N) is 2. The van der Waals surface area contributed by atoms with E-state index >= 15 is 0 Å². The summed E-state index contributed by atoms with van der Waals surface area (Å²) in [7, 11) is 4.07. The molecule has 0 aliphatic heterocycles. The van der Waals surface area contributed by atoms with E-state index < -0.39 is 0 Å². The Balaban J connectivity index is 1.67. The third-order valence-electron chi connectivity index (χ3n) is 4.73. The van der Waals surface area contributed by atoms with Gasteiger partial charge in [-0.3, -0.25) is 0 Å². The van der Waals surface area contributed by atoms with E-state index in [0.29, 0.717) is 0 Å². The van der Waals surface area contributed by atoms with E-state index in [4.69, 9.17) is 5.26 Å². The number of hydrogen-bond acceptors (Lipinski definition) is 3. The van der Waals surface area contributed by atoms with Gasteiger partial charge in [-0.1, -0.05) is 6.42 Å². The zero-order valence-electron chi connectivity index (χ0n) is 11.2. The van der Waals surface area contributed by atoms with E-state index in [0.717, 1.165) is 30.7 Å². The fraction of sp³-hybridized carbons (Fsp3) is 0.929. The molecular weight excluding hydrogens is 210 g/mol. The minimum Gasteiger partial charge on any atom is -0.306 e. The molecule has 0 spiro atoms. The summed E-state index contributed by atoms with van der Waals surface area (Å²) in [6.07, 6.45) is 6.85. The van der Waals surface area contributed by atoms with Crippen LogP contribution in [0.5, 0.6) is 0 Å². The second-order valence-electron chi connectivity index (χ2n) is 5.96. The maximum absolute atomic E-state index is 8.88. The van der Waals surface area contributed by atoms with Gasteiger partial charge in [0.05, 0.1) is 12.1 Å². The Hall–Kier alpha value is -0.590. The first kappa shape index (κ1) is 12.9. The van der Waals surface area contributed by atoms with Crippen LogP contribution in [0.2, 0.25) is 0 Å². The van der Waals surface area contributed by atoms with E-state index in [1.54, 1.807) is 0 Å². The molecule has 4 unspecified atom stereocenters. The average Bonchev–Trinajstić information content (AvgIpc) is 2.92. The molecule has 2 saturated carbocycles. The zero-order chi connectivity index (χ0) is 12.3. The third-order valence-corrected chi connectivity index (χ3v) is 4.73. The normalized spacial score (nSPS) is 32.9. The predicted molar refractivity (Wildman–Crippen MR) is 69.5 cm³/mol. The van der Waals surface area contributed by atoms with Crippen molar-refractivity contribution in [2.45, 2.75) is 38.1 Å². The maximum Gasteiger partial charge on any atom is 0.0962 e. The van der Waals surface area contributed by atoms with Crippen molar-refractivity contribution in [1.29, 1.82) is 5.26 Å². The number of rotatable bonds is 6. The van der Waals surface area contributed by atoms with E-state index in [-0.39, 0.29) is 6.04 Å². The van der Waals surface area contributed by atoms with Crippen LogP contribution in [0, 0.1) is 29.1 Å². The van der Waals surface area contributed by atoms with Crippen molar-refractivity contribution in [2.75, 3.05) is 27.2 Å². The molecule has 2 aliphatic rings. The van der Waals surface area contributed by atoms with Crippen molar-refractivity contribution in [3.8, 4) is 6.07 Å². The lowest BCUT2D eigenvalue weighted by Crippen LogP contribution is -2.33. The molecule has 0 amide bonds. The summed E-state index contributed by atoms with van der Waals surface area (Å²) in [5, 5.41) is 11.9. The van der Waals surface area contributed by atoms with Crippen molar-refractivity contribution >= 4 is 0 Å². The van der Waals surface area contributed by atoms with E-state index in [2.05, 4.69) is 23.3 Å². The van der Waals surface area contributed by atoms with E-state index in [1.807, 2.05) is 7.05 Å². The van der Waals surface area contributed by atoms with Gasteiger partial charge in [-0.25, -0.2) is 0 Å². The standard InChI is InChI=1S/C14H25N3/c1-16-14(9-15)5-6-17(2)10-13-8-11-3-4-12(13)7-11/h11-14,16H,3-8,10H2,1-2H3. The van der Waals surface area contributed by atoms with Crippen LogP contribution < -0.4 is 5.32 Å². The average molecular weight is 235 g/mol. The summed E-state index contributed by atoms with van der Waals surface area (Å²) in [4.78, 5) is 2.42. The van der Waals surface area contributed by atoms with Crippen LogP contribution in [0.1, 0.15) is 32.1 Å². The van der Waals surface area contributed by atoms with Gasteiger partial charge in [0, 0.05) is 13.1 Å². The quantitative estimate of drug-likeness (QED) is 0.764. The first-order valence-corrected chi connectivity index (χ1v) is 6.98. The summed E-state index contributed by atoms with van der Waals surface area (Å²) in [5.41, 5.74) is 0. The Morgan fingerprint density at radius 1 is 1.41 bits per heavy atom. The van der Waals surface area contributed by atoms with Crippen molar-refractivity contribution in [3.05, 3.63) is 0 Å². The summed E-state index contributed by atoms with van der Waals surface area (Å²) < 4.78 is 0. The van der Waals surface area contributed by atoms with Gasteiger partial charge in [0.15, 0.2) is 0 Å². The highest BCUT2D eigenvalue weighted by atomic mass is 15.1. The van der Waals surface area contributed by atoms with E-state index in [9.17, 15) is 0 Å². The van der Waals surface area contributed by atoms with Crippen LogP contribution in [-0.2, 0) is 0 Å². The van der Waals surface area contributed by atoms with Crippen LogP contribution >= 0.6 is 0 Å². The van der Waals surface area contributed by atoms with Gasteiger partial charge in [-0.2, -0.15) is 5.26 Å². The molecule has 2 aliphatic carbocycles. The second-order valence-corrected chi connectivity index (χ2v) is 5.96. The minimum absolute atomic E-state index is 0.0116. The van der Waals surface area contributed by atoms with Gasteiger partial charge >= 0.3 is 0 Å². The Morgan fingerprint density at radius 2 is 2.24 bits per heavy atom. The Labute approximate surface area is 105 Å². The second kappa shape index (κ2) is 5.84. The molecule has 1 N–H and O–H groups in total. The fourth-order valence-electron chi connectivity index (χ4n) is 3.71. The molecule has 0 aromatic carbocycles. The lowest BCUT2D eigenvalue weighted by molar-refractivity contribution is 0.215. The molecule has 0 heterocycles. The van der Waals surface area contributed by atoms with Gasteiger partial charge in [-0.15, -0.1) is 0 Å². The van der Waals surface area contributed by atoms with Crippen LogP contribution in [0.4, 0.5) is 0 Å². The lowest BCUT2D eigenvalue weighted by Gasteiger charge is -2.27.